The van der Waals surface area contributed by atoms with E-state index in [9.17, 15) is 0 Å². The van der Waals surface area contributed by atoms with Gasteiger partial charge in [0.2, 0.25) is 0 Å². The summed E-state index contributed by atoms with van der Waals surface area (Å²) in [7, 11) is 17.3. The van der Waals surface area contributed by atoms with Crippen LogP contribution in [0.1, 0.15) is 13.8 Å². The second kappa shape index (κ2) is 4.41. The van der Waals surface area contributed by atoms with Crippen LogP contribution in [0.25, 0.3) is 0 Å². The van der Waals surface area contributed by atoms with Crippen LogP contribution in [0, 0.1) is 0 Å². The van der Waals surface area contributed by atoms with E-state index in [1.807, 2.05) is 17.3 Å². The molecule has 0 aliphatic rings. The summed E-state index contributed by atoms with van der Waals surface area (Å²) < 4.78 is 1.94. The molecule has 0 saturated heterocycles. The summed E-state index contributed by atoms with van der Waals surface area (Å²) in [6, 6.07) is 0. The van der Waals surface area contributed by atoms with Crippen molar-refractivity contribution in [2.24, 2.45) is 0 Å². The van der Waals surface area contributed by atoms with Crippen molar-refractivity contribution in [3.63, 3.8) is 0 Å². The Labute approximate surface area is 71.5 Å². The number of nitrogens with zero attached hydrogens (tertiary/aromatic N) is 1. The molecule has 0 amide bonds. The molecule has 0 N–H and O–H groups in total. The molecule has 0 aromatic carbocycles. The Hall–Kier alpha value is 1.52. The quantitative estimate of drug-likeness (QED) is 0.746. The molecular formula is C4H10Cl3NW. The van der Waals surface area contributed by atoms with Gasteiger partial charge in [0.05, 0.1) is 0 Å². The second-order valence-electron chi connectivity index (χ2n) is 1.50. The molecule has 0 radical (unpaired) electrons. The third-order valence-corrected chi connectivity index (χ3v) is 9.75. The minimum absolute atomic E-state index is 0.850. The molecule has 0 saturated carbocycles. The monoisotopic (exact) mass is 361 g/mol. The van der Waals surface area contributed by atoms with Crippen LogP contribution in [0.2, 0.25) is 0 Å². The van der Waals surface area contributed by atoms with E-state index in [0.29, 0.717) is 0 Å². The first-order chi connectivity index (χ1) is 4.02. The Bertz CT molecular complexity index is 78.4. The van der Waals surface area contributed by atoms with Crippen molar-refractivity contribution in [2.75, 3.05) is 13.1 Å². The molecule has 0 aromatic heterocycles. The average molecular weight is 362 g/mol. The van der Waals surface area contributed by atoms with Crippen LogP contribution in [0.3, 0.4) is 0 Å². The molecule has 9 heavy (non-hydrogen) atoms. The summed E-state index contributed by atoms with van der Waals surface area (Å²) in [5.74, 6) is 0. The van der Waals surface area contributed by atoms with E-state index in [4.69, 9.17) is 28.3 Å². The molecule has 0 aromatic rings. The number of hydrogen-bond donors (Lipinski definition) is 0. The zero-order chi connectivity index (χ0) is 7.49. The fourth-order valence-electron chi connectivity index (χ4n) is 0.516. The van der Waals surface area contributed by atoms with Gasteiger partial charge in [0.25, 0.3) is 0 Å². The predicted molar refractivity (Wildman–Crippen MR) is 40.5 cm³/mol. The first-order valence-electron chi connectivity index (χ1n) is 2.69. The molecule has 0 spiro atoms. The summed E-state index contributed by atoms with van der Waals surface area (Å²) in [6.45, 7) is 5.70. The standard InChI is InChI=1S/C4H10N.3ClH.W/c1-3-5-4-2;;;;/h3-4H2,1-2H3;3*1H;/q-1;;;;+4/p-3. The van der Waals surface area contributed by atoms with E-state index < -0.39 is 13.2 Å². The van der Waals surface area contributed by atoms with Gasteiger partial charge in [0.1, 0.15) is 0 Å². The van der Waals surface area contributed by atoms with E-state index in [0.717, 1.165) is 13.1 Å². The molecule has 0 aliphatic heterocycles. The molecule has 0 atom stereocenters. The van der Waals surface area contributed by atoms with Gasteiger partial charge in [-0.3, -0.25) is 0 Å². The first kappa shape index (κ1) is 10.5. The topological polar surface area (TPSA) is 3.24 Å². The third kappa shape index (κ3) is 4.06. The summed E-state index contributed by atoms with van der Waals surface area (Å²) in [5.41, 5.74) is 0. The Kier molecular flexibility index (Phi) is 5.15. The van der Waals surface area contributed by atoms with E-state index in [-0.39, 0.29) is 0 Å². The predicted octanol–water partition coefficient (Wildman–Crippen LogP) is 2.86. The normalized spacial score (nSPS) is 14.4. The fraction of sp³-hybridized carbons (Fsp3) is 1.00. The van der Waals surface area contributed by atoms with E-state index >= 15 is 0 Å². The first-order valence-corrected chi connectivity index (χ1v) is 14.9. The summed E-state index contributed by atoms with van der Waals surface area (Å²) in [4.78, 5) is 0. The van der Waals surface area contributed by atoms with Gasteiger partial charge in [0.15, 0.2) is 0 Å². The van der Waals surface area contributed by atoms with Crippen molar-refractivity contribution < 1.29 is 13.2 Å². The summed E-state index contributed by atoms with van der Waals surface area (Å²) >= 11 is -3.19. The molecule has 0 unspecified atom stereocenters. The van der Waals surface area contributed by atoms with Crippen LogP contribution >= 0.6 is 28.3 Å². The van der Waals surface area contributed by atoms with Gasteiger partial charge in [-0.05, 0) is 0 Å². The van der Waals surface area contributed by atoms with Gasteiger partial charge >= 0.3 is 71.8 Å². The second-order valence-corrected chi connectivity index (χ2v) is 20.9. The Morgan fingerprint density at radius 2 is 1.44 bits per heavy atom. The van der Waals surface area contributed by atoms with E-state index in [1.165, 1.54) is 0 Å². The molecule has 0 fully saturated rings. The summed E-state index contributed by atoms with van der Waals surface area (Å²) in [6.07, 6.45) is 0. The van der Waals surface area contributed by atoms with Gasteiger partial charge in [-0.1, -0.05) is 0 Å². The molecule has 5 heteroatoms. The van der Waals surface area contributed by atoms with Crippen molar-refractivity contribution in [1.29, 1.82) is 0 Å². The van der Waals surface area contributed by atoms with Crippen molar-refractivity contribution in [3.8, 4) is 0 Å². The fourth-order valence-corrected chi connectivity index (χ4v) is 7.41. The Morgan fingerprint density at radius 3 is 1.44 bits per heavy atom. The van der Waals surface area contributed by atoms with E-state index in [1.54, 1.807) is 0 Å². The molecule has 1 nitrogen and oxygen atoms in total. The average Bonchev–Trinajstić information content (AvgIpc) is 1.65. The Morgan fingerprint density at radius 1 is 1.11 bits per heavy atom. The molecule has 0 bridgehead atoms. The third-order valence-electron chi connectivity index (χ3n) is 0.998. The summed E-state index contributed by atoms with van der Waals surface area (Å²) in [5, 5.41) is 0. The Balaban J connectivity index is 3.79. The van der Waals surface area contributed by atoms with Crippen LogP contribution in [0.15, 0.2) is 0 Å². The van der Waals surface area contributed by atoms with Crippen molar-refractivity contribution in [2.45, 2.75) is 13.8 Å². The van der Waals surface area contributed by atoms with Gasteiger partial charge in [-0.2, -0.15) is 0 Å². The molecule has 58 valence electrons. The van der Waals surface area contributed by atoms with Gasteiger partial charge in [-0.25, -0.2) is 0 Å². The van der Waals surface area contributed by atoms with Crippen LogP contribution in [0.5, 0.6) is 0 Å². The zero-order valence-corrected chi connectivity index (χ0v) is 10.6. The number of halogens is 3. The molecular weight excluding hydrogens is 352 g/mol. The molecule has 0 aliphatic carbocycles. The van der Waals surface area contributed by atoms with Crippen LogP contribution in [-0.4, -0.2) is 16.5 Å². The molecule has 0 rings (SSSR count). The van der Waals surface area contributed by atoms with Gasteiger partial charge in [-0.15, -0.1) is 0 Å². The number of rotatable bonds is 3. The maximum atomic E-state index is 5.76. The molecule has 0 heterocycles. The maximum absolute atomic E-state index is 5.76. The number of hydrogen-bond acceptors (Lipinski definition) is 1. The van der Waals surface area contributed by atoms with Crippen LogP contribution < -0.4 is 0 Å². The van der Waals surface area contributed by atoms with Crippen molar-refractivity contribution >= 4 is 28.3 Å². The van der Waals surface area contributed by atoms with Gasteiger partial charge < -0.3 is 0 Å². The van der Waals surface area contributed by atoms with Crippen molar-refractivity contribution in [3.05, 3.63) is 0 Å². The van der Waals surface area contributed by atoms with Crippen LogP contribution in [-0.2, 0) is 13.2 Å². The van der Waals surface area contributed by atoms with Gasteiger partial charge in [0, 0.05) is 0 Å². The van der Waals surface area contributed by atoms with Crippen LogP contribution in [0.4, 0.5) is 0 Å². The van der Waals surface area contributed by atoms with Crippen molar-refractivity contribution in [1.82, 2.24) is 3.46 Å². The minimum atomic E-state index is -3.19. The van der Waals surface area contributed by atoms with E-state index in [2.05, 4.69) is 0 Å². The SMILES string of the molecule is CC[N](CC)[W]([Cl])([Cl])[Cl]. The zero-order valence-electron chi connectivity index (χ0n) is 5.40.